The van der Waals surface area contributed by atoms with Crippen LogP contribution >= 0.6 is 0 Å². The maximum absolute atomic E-state index is 14.0. The Hall–Kier alpha value is -2.44. The average molecular weight is 334 g/mol. The molecule has 3 rings (SSSR count). The van der Waals surface area contributed by atoms with E-state index in [0.717, 1.165) is 6.07 Å². The third-order valence-corrected chi connectivity index (χ3v) is 4.39. The standard InChI is InChI=1S/C17H20F2N4O/c1-12-5-6-22(16-4-3-13(18)9-14(16)19)7-8-23(12)17(24)15-10-21(2)11-20-15/h3-4,9-12H,5-8H2,1-2H3. The predicted molar refractivity (Wildman–Crippen MR) is 86.9 cm³/mol. The number of carbonyl (C=O) groups is 1. The lowest BCUT2D eigenvalue weighted by atomic mass is 10.2. The Morgan fingerprint density at radius 1 is 1.25 bits per heavy atom. The Morgan fingerprint density at radius 3 is 2.71 bits per heavy atom. The van der Waals surface area contributed by atoms with Crippen LogP contribution in [0, 0.1) is 11.6 Å². The number of nitrogens with zero attached hydrogens (tertiary/aromatic N) is 4. The quantitative estimate of drug-likeness (QED) is 0.847. The Kier molecular flexibility index (Phi) is 4.51. The van der Waals surface area contributed by atoms with Crippen molar-refractivity contribution in [2.45, 2.75) is 19.4 Å². The molecule has 1 aromatic carbocycles. The van der Waals surface area contributed by atoms with Gasteiger partial charge in [-0.15, -0.1) is 0 Å². The highest BCUT2D eigenvalue weighted by Crippen LogP contribution is 2.23. The van der Waals surface area contributed by atoms with Crippen LogP contribution in [0.25, 0.3) is 0 Å². The molecule has 1 amide bonds. The van der Waals surface area contributed by atoms with E-state index in [2.05, 4.69) is 4.98 Å². The minimum atomic E-state index is -0.591. The number of aryl methyl sites for hydroxylation is 1. The summed E-state index contributed by atoms with van der Waals surface area (Å²) in [6, 6.07) is 3.61. The van der Waals surface area contributed by atoms with Crippen LogP contribution in [0.2, 0.25) is 0 Å². The fraction of sp³-hybridized carbons (Fsp3) is 0.412. The normalized spacial score (nSPS) is 18.6. The number of imidazole rings is 1. The monoisotopic (exact) mass is 334 g/mol. The zero-order chi connectivity index (χ0) is 17.3. The second-order valence-electron chi connectivity index (χ2n) is 6.14. The lowest BCUT2D eigenvalue weighted by molar-refractivity contribution is 0.0699. The number of hydrogen-bond acceptors (Lipinski definition) is 3. The van der Waals surface area contributed by atoms with Gasteiger partial charge in [0.2, 0.25) is 0 Å². The van der Waals surface area contributed by atoms with E-state index < -0.39 is 11.6 Å². The number of halogens is 2. The van der Waals surface area contributed by atoms with E-state index in [4.69, 9.17) is 0 Å². The molecule has 7 heteroatoms. The Labute approximate surface area is 139 Å². The summed E-state index contributed by atoms with van der Waals surface area (Å²) in [5.74, 6) is -1.29. The molecule has 0 N–H and O–H groups in total. The van der Waals surface area contributed by atoms with E-state index in [1.54, 1.807) is 22.0 Å². The number of rotatable bonds is 2. The van der Waals surface area contributed by atoms with E-state index in [-0.39, 0.29) is 11.9 Å². The van der Waals surface area contributed by atoms with Crippen molar-refractivity contribution in [3.8, 4) is 0 Å². The van der Waals surface area contributed by atoms with Crippen molar-refractivity contribution in [2.24, 2.45) is 7.05 Å². The second-order valence-corrected chi connectivity index (χ2v) is 6.14. The summed E-state index contributed by atoms with van der Waals surface area (Å²) in [5.41, 5.74) is 0.779. The van der Waals surface area contributed by atoms with Gasteiger partial charge in [-0.1, -0.05) is 0 Å². The van der Waals surface area contributed by atoms with Crippen molar-refractivity contribution in [1.82, 2.24) is 14.5 Å². The van der Waals surface area contributed by atoms with Crippen LogP contribution in [0.1, 0.15) is 23.8 Å². The highest BCUT2D eigenvalue weighted by Gasteiger charge is 2.27. The number of hydrogen-bond donors (Lipinski definition) is 0. The second kappa shape index (κ2) is 6.59. The van der Waals surface area contributed by atoms with E-state index in [1.807, 2.05) is 18.9 Å². The fourth-order valence-electron chi connectivity index (χ4n) is 3.01. The third-order valence-electron chi connectivity index (χ3n) is 4.39. The highest BCUT2D eigenvalue weighted by molar-refractivity contribution is 5.92. The molecule has 0 radical (unpaired) electrons. The van der Waals surface area contributed by atoms with Gasteiger partial charge in [0, 0.05) is 45.0 Å². The maximum Gasteiger partial charge on any atom is 0.274 e. The molecule has 1 unspecified atom stereocenters. The maximum atomic E-state index is 14.0. The predicted octanol–water partition coefficient (Wildman–Crippen LogP) is 2.44. The first-order valence-electron chi connectivity index (χ1n) is 7.94. The number of benzene rings is 1. The van der Waals surface area contributed by atoms with Crippen molar-refractivity contribution in [2.75, 3.05) is 24.5 Å². The minimum absolute atomic E-state index is 0.0213. The minimum Gasteiger partial charge on any atom is -0.367 e. The molecule has 24 heavy (non-hydrogen) atoms. The molecule has 0 saturated carbocycles. The van der Waals surface area contributed by atoms with Gasteiger partial charge in [0.05, 0.1) is 12.0 Å². The topological polar surface area (TPSA) is 41.4 Å². The summed E-state index contributed by atoms with van der Waals surface area (Å²) in [5, 5.41) is 0. The first-order chi connectivity index (χ1) is 11.5. The van der Waals surface area contributed by atoms with Gasteiger partial charge in [-0.3, -0.25) is 4.79 Å². The van der Waals surface area contributed by atoms with Crippen LogP contribution in [-0.4, -0.2) is 46.0 Å². The van der Waals surface area contributed by atoms with Crippen molar-refractivity contribution in [3.63, 3.8) is 0 Å². The highest BCUT2D eigenvalue weighted by atomic mass is 19.1. The first-order valence-corrected chi connectivity index (χ1v) is 7.94. The van der Waals surface area contributed by atoms with Gasteiger partial charge in [-0.2, -0.15) is 0 Å². The summed E-state index contributed by atoms with van der Waals surface area (Å²) < 4.78 is 28.8. The molecule has 1 fully saturated rings. The van der Waals surface area contributed by atoms with Crippen LogP contribution in [-0.2, 0) is 7.05 Å². The van der Waals surface area contributed by atoms with Crippen LogP contribution in [0.15, 0.2) is 30.7 Å². The van der Waals surface area contributed by atoms with Gasteiger partial charge < -0.3 is 14.4 Å². The van der Waals surface area contributed by atoms with E-state index in [0.29, 0.717) is 37.4 Å². The first kappa shape index (κ1) is 16.4. The zero-order valence-corrected chi connectivity index (χ0v) is 13.7. The molecule has 1 saturated heterocycles. The molecule has 1 aliphatic heterocycles. The number of amides is 1. The van der Waals surface area contributed by atoms with Crippen molar-refractivity contribution >= 4 is 11.6 Å². The number of carbonyl (C=O) groups excluding carboxylic acids is 1. The van der Waals surface area contributed by atoms with Crippen LogP contribution in [0.4, 0.5) is 14.5 Å². The van der Waals surface area contributed by atoms with E-state index >= 15 is 0 Å². The van der Waals surface area contributed by atoms with Gasteiger partial charge in [-0.25, -0.2) is 13.8 Å². The van der Waals surface area contributed by atoms with Gasteiger partial charge in [0.25, 0.3) is 5.91 Å². The summed E-state index contributed by atoms with van der Waals surface area (Å²) in [4.78, 5) is 20.4. The summed E-state index contributed by atoms with van der Waals surface area (Å²) >= 11 is 0. The molecule has 0 aliphatic carbocycles. The van der Waals surface area contributed by atoms with Gasteiger partial charge in [0.15, 0.2) is 0 Å². The number of anilines is 1. The molecule has 1 atom stereocenters. The summed E-state index contributed by atoms with van der Waals surface area (Å²) in [6.07, 6.45) is 3.99. The Bertz CT molecular complexity index is 746. The SMILES string of the molecule is CC1CCN(c2ccc(F)cc2F)CCN1C(=O)c1cn(C)cn1. The summed E-state index contributed by atoms with van der Waals surface area (Å²) in [7, 11) is 1.81. The zero-order valence-electron chi connectivity index (χ0n) is 13.7. The molecular formula is C17H20F2N4O. The van der Waals surface area contributed by atoms with Crippen LogP contribution in [0.3, 0.4) is 0 Å². The lowest BCUT2D eigenvalue weighted by Gasteiger charge is -2.26. The van der Waals surface area contributed by atoms with Crippen molar-refractivity contribution < 1.29 is 13.6 Å². The van der Waals surface area contributed by atoms with Crippen molar-refractivity contribution in [1.29, 1.82) is 0 Å². The molecule has 0 spiro atoms. The van der Waals surface area contributed by atoms with E-state index in [1.165, 1.54) is 12.1 Å². The van der Waals surface area contributed by atoms with Gasteiger partial charge in [0.1, 0.15) is 17.3 Å². The molecule has 1 aliphatic rings. The molecular weight excluding hydrogens is 314 g/mol. The van der Waals surface area contributed by atoms with Crippen molar-refractivity contribution in [3.05, 3.63) is 48.1 Å². The largest absolute Gasteiger partial charge is 0.367 e. The third kappa shape index (κ3) is 3.25. The molecule has 5 nitrogen and oxygen atoms in total. The molecule has 128 valence electrons. The lowest BCUT2D eigenvalue weighted by Crippen LogP contribution is -2.40. The average Bonchev–Trinajstić information content (AvgIpc) is 2.88. The van der Waals surface area contributed by atoms with Gasteiger partial charge in [-0.05, 0) is 25.5 Å². The van der Waals surface area contributed by atoms with Crippen LogP contribution in [0.5, 0.6) is 0 Å². The molecule has 2 heterocycles. The Morgan fingerprint density at radius 2 is 2.04 bits per heavy atom. The van der Waals surface area contributed by atoms with Crippen LogP contribution < -0.4 is 4.90 Å². The molecule has 0 bridgehead atoms. The number of aromatic nitrogens is 2. The molecule has 2 aromatic rings. The fourth-order valence-corrected chi connectivity index (χ4v) is 3.01. The molecule has 1 aromatic heterocycles. The smallest absolute Gasteiger partial charge is 0.274 e. The van der Waals surface area contributed by atoms with E-state index in [9.17, 15) is 13.6 Å². The van der Waals surface area contributed by atoms with Gasteiger partial charge >= 0.3 is 0 Å². The Balaban J connectivity index is 1.76. The summed E-state index contributed by atoms with van der Waals surface area (Å²) in [6.45, 7) is 3.54.